The third kappa shape index (κ3) is 5.61. The largest absolute Gasteiger partial charge is 0.416 e. The van der Waals surface area contributed by atoms with Crippen molar-refractivity contribution in [3.8, 4) is 11.1 Å². The molecule has 0 radical (unpaired) electrons. The van der Waals surface area contributed by atoms with E-state index < -0.39 is 55.0 Å². The number of amides is 3. The normalized spacial score (nSPS) is 15.8. The molecule has 1 unspecified atom stereocenters. The summed E-state index contributed by atoms with van der Waals surface area (Å²) < 4.78 is 67.6. The molecule has 4 rings (SSSR count). The van der Waals surface area contributed by atoms with Crippen molar-refractivity contribution >= 4 is 48.1 Å². The lowest BCUT2D eigenvalue weighted by Crippen LogP contribution is -2.43. The van der Waals surface area contributed by atoms with Gasteiger partial charge in [0.15, 0.2) is 5.82 Å². The Labute approximate surface area is 221 Å². The summed E-state index contributed by atoms with van der Waals surface area (Å²) in [5.41, 5.74) is -0.440. The number of benzene rings is 3. The molecule has 0 aromatic heterocycles. The zero-order chi connectivity index (χ0) is 27.8. The van der Waals surface area contributed by atoms with Gasteiger partial charge in [-0.2, -0.15) is 13.2 Å². The number of urea groups is 1. The van der Waals surface area contributed by atoms with Crippen LogP contribution in [0.5, 0.6) is 0 Å². The summed E-state index contributed by atoms with van der Waals surface area (Å²) in [4.78, 5) is 26.4. The lowest BCUT2D eigenvalue weighted by molar-refractivity contribution is -0.137. The van der Waals surface area contributed by atoms with Crippen LogP contribution in [0.1, 0.15) is 12.0 Å². The molecule has 1 aliphatic heterocycles. The second-order valence-corrected chi connectivity index (χ2v) is 11.4. The predicted molar refractivity (Wildman–Crippen MR) is 140 cm³/mol. The van der Waals surface area contributed by atoms with Crippen molar-refractivity contribution in [1.29, 1.82) is 0 Å². The molecule has 0 aliphatic carbocycles. The van der Waals surface area contributed by atoms with E-state index in [4.69, 9.17) is 11.6 Å². The quantitative estimate of drug-likeness (QED) is 0.269. The first kappa shape index (κ1) is 27.8. The number of nitrogens with zero attached hydrogens (tertiary/aromatic N) is 1. The van der Waals surface area contributed by atoms with Crippen LogP contribution in [0, 0.1) is 11.6 Å². The monoisotopic (exact) mass is 569 g/mol. The van der Waals surface area contributed by atoms with Crippen LogP contribution in [-0.2, 0) is 11.0 Å². The second kappa shape index (κ2) is 10.9. The van der Waals surface area contributed by atoms with Crippen LogP contribution in [-0.4, -0.2) is 37.9 Å². The predicted octanol–water partition coefficient (Wildman–Crippen LogP) is 6.60. The van der Waals surface area contributed by atoms with Crippen molar-refractivity contribution in [3.63, 3.8) is 0 Å². The van der Waals surface area contributed by atoms with Crippen molar-refractivity contribution in [2.24, 2.45) is 0 Å². The molecule has 0 spiro atoms. The van der Waals surface area contributed by atoms with E-state index >= 15 is 4.39 Å². The molecule has 1 atom stereocenters. The number of carbonyl (C=O) groups is 2. The number of halogens is 6. The summed E-state index contributed by atoms with van der Waals surface area (Å²) in [5, 5.41) is 5.37. The first-order valence-electron chi connectivity index (χ1n) is 11.4. The zero-order valence-corrected chi connectivity index (χ0v) is 21.8. The van der Waals surface area contributed by atoms with Gasteiger partial charge in [0.1, 0.15) is 11.9 Å². The van der Waals surface area contributed by atoms with E-state index in [0.717, 1.165) is 21.8 Å². The molecular weight excluding hydrogens is 548 g/mol. The SMILES string of the molecule is CP(C)c1ccccc1-c1ccc(N2CCC(NC(=O)Nc3ccc(C(F)(F)F)cc3F)C2=O)c(F)c1Cl. The van der Waals surface area contributed by atoms with Gasteiger partial charge in [0.05, 0.1) is 22.0 Å². The Morgan fingerprint density at radius 2 is 1.76 bits per heavy atom. The molecule has 2 N–H and O–H groups in total. The smallest absolute Gasteiger partial charge is 0.326 e. The highest BCUT2D eigenvalue weighted by atomic mass is 35.5. The van der Waals surface area contributed by atoms with Gasteiger partial charge in [-0.3, -0.25) is 4.79 Å². The van der Waals surface area contributed by atoms with E-state index in [1.807, 2.05) is 24.3 Å². The van der Waals surface area contributed by atoms with Crippen molar-refractivity contribution in [2.45, 2.75) is 18.6 Å². The van der Waals surface area contributed by atoms with Gasteiger partial charge in [-0.1, -0.05) is 49.9 Å². The van der Waals surface area contributed by atoms with E-state index in [2.05, 4.69) is 24.0 Å². The molecule has 3 aromatic carbocycles. The molecule has 1 heterocycles. The van der Waals surface area contributed by atoms with E-state index in [-0.39, 0.29) is 29.7 Å². The molecule has 1 aliphatic rings. The van der Waals surface area contributed by atoms with Gasteiger partial charge in [0, 0.05) is 12.1 Å². The molecule has 1 fully saturated rings. The van der Waals surface area contributed by atoms with E-state index in [9.17, 15) is 27.2 Å². The molecule has 0 bridgehead atoms. The maximum absolute atomic E-state index is 15.4. The maximum atomic E-state index is 15.4. The molecule has 1 saturated heterocycles. The van der Waals surface area contributed by atoms with Crippen LogP contribution in [0.3, 0.4) is 0 Å². The molecular formula is C26H22ClF5N3O2P. The van der Waals surface area contributed by atoms with Crippen LogP contribution >= 0.6 is 19.5 Å². The summed E-state index contributed by atoms with van der Waals surface area (Å²) in [6.07, 6.45) is -4.62. The van der Waals surface area contributed by atoms with Crippen molar-refractivity contribution in [2.75, 3.05) is 30.1 Å². The zero-order valence-electron chi connectivity index (χ0n) is 20.2. The molecule has 38 heavy (non-hydrogen) atoms. The lowest BCUT2D eigenvalue weighted by Gasteiger charge is -2.21. The highest BCUT2D eigenvalue weighted by Gasteiger charge is 2.36. The first-order valence-corrected chi connectivity index (χ1v) is 14.0. The number of carbonyl (C=O) groups excluding carboxylic acids is 2. The Kier molecular flexibility index (Phi) is 7.95. The number of anilines is 2. The molecule has 12 heteroatoms. The molecule has 200 valence electrons. The third-order valence-electron chi connectivity index (χ3n) is 6.08. The van der Waals surface area contributed by atoms with Gasteiger partial charge in [-0.15, -0.1) is 0 Å². The minimum absolute atomic E-state index is 0.0463. The Morgan fingerprint density at radius 3 is 2.42 bits per heavy atom. The van der Waals surface area contributed by atoms with E-state index in [1.54, 1.807) is 6.07 Å². The van der Waals surface area contributed by atoms with Crippen molar-refractivity contribution in [1.82, 2.24) is 5.32 Å². The van der Waals surface area contributed by atoms with Crippen molar-refractivity contribution in [3.05, 3.63) is 76.8 Å². The molecule has 3 aromatic rings. The van der Waals surface area contributed by atoms with Crippen molar-refractivity contribution < 1.29 is 31.5 Å². The van der Waals surface area contributed by atoms with E-state index in [0.29, 0.717) is 11.6 Å². The summed E-state index contributed by atoms with van der Waals surface area (Å²) in [5.74, 6) is -2.67. The second-order valence-electron chi connectivity index (χ2n) is 8.79. The standard InChI is InChI=1S/C26H22ClF5N3O2P/c1-38(2)21-6-4-3-5-15(21)16-8-10-20(23(29)22(16)27)35-12-11-19(24(35)36)34-25(37)33-18-9-7-14(13-17(18)28)26(30,31)32/h3-10,13,19H,11-12H2,1-2H3,(H2,33,34,37). The number of nitrogens with one attached hydrogen (secondary N) is 2. The maximum Gasteiger partial charge on any atom is 0.416 e. The third-order valence-corrected chi connectivity index (χ3v) is 7.81. The van der Waals surface area contributed by atoms with Gasteiger partial charge in [0.2, 0.25) is 5.91 Å². The summed E-state index contributed by atoms with van der Waals surface area (Å²) in [7, 11) is -0.493. The van der Waals surface area contributed by atoms with Gasteiger partial charge in [0.25, 0.3) is 0 Å². The topological polar surface area (TPSA) is 61.4 Å². The average molecular weight is 570 g/mol. The van der Waals surface area contributed by atoms with Crippen LogP contribution in [0.4, 0.5) is 38.1 Å². The number of hydrogen-bond donors (Lipinski definition) is 2. The van der Waals surface area contributed by atoms with Gasteiger partial charge in [-0.25, -0.2) is 13.6 Å². The fourth-order valence-corrected chi connectivity index (χ4v) is 5.53. The number of rotatable bonds is 5. The average Bonchev–Trinajstić information content (AvgIpc) is 3.20. The lowest BCUT2D eigenvalue weighted by atomic mass is 10.0. The molecule has 0 saturated carbocycles. The van der Waals surface area contributed by atoms with E-state index in [1.165, 1.54) is 6.07 Å². The number of alkyl halides is 3. The van der Waals surface area contributed by atoms with Gasteiger partial charge in [-0.05, 0) is 54.9 Å². The Balaban J connectivity index is 1.48. The Hall–Kier alpha value is -3.23. The Morgan fingerprint density at radius 1 is 1.05 bits per heavy atom. The van der Waals surface area contributed by atoms with Gasteiger partial charge < -0.3 is 15.5 Å². The van der Waals surface area contributed by atoms with Gasteiger partial charge >= 0.3 is 12.2 Å². The highest BCUT2D eigenvalue weighted by molar-refractivity contribution is 7.64. The van der Waals surface area contributed by atoms with Crippen LogP contribution in [0.2, 0.25) is 5.02 Å². The van der Waals surface area contributed by atoms with Crippen LogP contribution in [0.15, 0.2) is 54.6 Å². The summed E-state index contributed by atoms with van der Waals surface area (Å²) >= 11 is 6.41. The number of hydrogen-bond acceptors (Lipinski definition) is 2. The molecule has 5 nitrogen and oxygen atoms in total. The highest BCUT2D eigenvalue weighted by Crippen LogP contribution is 2.39. The Bertz CT molecular complexity index is 1400. The minimum Gasteiger partial charge on any atom is -0.326 e. The fourth-order valence-electron chi connectivity index (χ4n) is 4.21. The van der Waals surface area contributed by atoms with Crippen LogP contribution in [0.25, 0.3) is 11.1 Å². The first-order chi connectivity index (χ1) is 17.9. The summed E-state index contributed by atoms with van der Waals surface area (Å²) in [6, 6.07) is 10.3. The molecule has 3 amide bonds. The fraction of sp³-hybridized carbons (Fsp3) is 0.231. The van der Waals surface area contributed by atoms with Crippen LogP contribution < -0.4 is 20.8 Å². The minimum atomic E-state index is -4.74. The summed E-state index contributed by atoms with van der Waals surface area (Å²) in [6.45, 7) is 4.23.